The van der Waals surface area contributed by atoms with Gasteiger partial charge in [-0.3, -0.25) is 9.10 Å². The summed E-state index contributed by atoms with van der Waals surface area (Å²) in [6, 6.07) is 6.40. The number of methoxy groups -OCH3 is 1. The summed E-state index contributed by atoms with van der Waals surface area (Å²) >= 11 is 0. The van der Waals surface area contributed by atoms with E-state index in [-0.39, 0.29) is 11.9 Å². The maximum absolute atomic E-state index is 12.2. The van der Waals surface area contributed by atoms with E-state index in [4.69, 9.17) is 4.74 Å². The summed E-state index contributed by atoms with van der Waals surface area (Å²) in [6.45, 7) is 2.19. The molecule has 0 fully saturated rings. The molecule has 0 heterocycles. The van der Waals surface area contributed by atoms with E-state index in [2.05, 4.69) is 5.32 Å². The number of anilines is 1. The molecule has 0 unspecified atom stereocenters. The largest absolute Gasteiger partial charge is 0.383 e. The molecule has 112 valence electrons. The lowest BCUT2D eigenvalue weighted by molar-refractivity contribution is 0.0906. The molecule has 0 aromatic heterocycles. The van der Waals surface area contributed by atoms with Crippen LogP contribution >= 0.6 is 0 Å². The monoisotopic (exact) mass is 300 g/mol. The summed E-state index contributed by atoms with van der Waals surface area (Å²) in [5, 5.41) is 2.76. The van der Waals surface area contributed by atoms with Gasteiger partial charge < -0.3 is 10.1 Å². The summed E-state index contributed by atoms with van der Waals surface area (Å²) in [6.07, 6.45) is 1.09. The van der Waals surface area contributed by atoms with E-state index >= 15 is 0 Å². The summed E-state index contributed by atoms with van der Waals surface area (Å²) in [5.41, 5.74) is 0.653. The van der Waals surface area contributed by atoms with Crippen LogP contribution in [0, 0.1) is 0 Å². The Labute approximate surface area is 119 Å². The van der Waals surface area contributed by atoms with Crippen molar-refractivity contribution in [2.75, 3.05) is 31.3 Å². The van der Waals surface area contributed by atoms with Crippen molar-refractivity contribution in [1.82, 2.24) is 5.32 Å². The van der Waals surface area contributed by atoms with E-state index in [1.807, 2.05) is 6.92 Å². The van der Waals surface area contributed by atoms with Crippen LogP contribution in [0.15, 0.2) is 24.3 Å². The van der Waals surface area contributed by atoms with Crippen molar-refractivity contribution in [3.63, 3.8) is 0 Å². The first kappa shape index (κ1) is 16.5. The Bertz CT molecular complexity index is 571. The third-order valence-corrected chi connectivity index (χ3v) is 3.97. The minimum absolute atomic E-state index is 0.163. The predicted octanol–water partition coefficient (Wildman–Crippen LogP) is 0.847. The van der Waals surface area contributed by atoms with Gasteiger partial charge in [0.2, 0.25) is 10.0 Å². The van der Waals surface area contributed by atoms with Gasteiger partial charge in [0.1, 0.15) is 0 Å². The van der Waals surface area contributed by atoms with Crippen LogP contribution in [-0.2, 0) is 14.8 Å². The Kier molecular flexibility index (Phi) is 5.52. The van der Waals surface area contributed by atoms with Crippen molar-refractivity contribution < 1.29 is 17.9 Å². The Morgan fingerprint density at radius 1 is 1.40 bits per heavy atom. The molecule has 1 N–H and O–H groups in total. The molecule has 0 aliphatic carbocycles. The third-order valence-electron chi connectivity index (χ3n) is 2.78. The smallest absolute Gasteiger partial charge is 0.253 e. The van der Waals surface area contributed by atoms with Gasteiger partial charge in [0, 0.05) is 20.2 Å². The molecule has 0 bridgehead atoms. The fourth-order valence-electron chi connectivity index (χ4n) is 1.71. The number of para-hydroxylation sites is 1. The Hall–Kier alpha value is -1.60. The molecular formula is C13H20N2O4S. The number of nitrogens with zero attached hydrogens (tertiary/aromatic N) is 1. The van der Waals surface area contributed by atoms with Gasteiger partial charge in [0.25, 0.3) is 5.91 Å². The average molecular weight is 300 g/mol. The molecule has 0 spiro atoms. The number of ether oxygens (including phenoxy) is 1. The highest BCUT2D eigenvalue weighted by molar-refractivity contribution is 7.92. The second-order valence-corrected chi connectivity index (χ2v) is 6.59. The molecule has 7 heteroatoms. The van der Waals surface area contributed by atoms with Crippen molar-refractivity contribution in [2.45, 2.75) is 13.0 Å². The number of rotatable bonds is 6. The number of amides is 1. The van der Waals surface area contributed by atoms with Crippen molar-refractivity contribution in [2.24, 2.45) is 0 Å². The maximum Gasteiger partial charge on any atom is 0.253 e. The van der Waals surface area contributed by atoms with Gasteiger partial charge in [-0.2, -0.15) is 0 Å². The molecule has 0 saturated heterocycles. The van der Waals surface area contributed by atoms with E-state index in [0.29, 0.717) is 17.9 Å². The molecule has 0 aliphatic rings. The van der Waals surface area contributed by atoms with Crippen LogP contribution in [0.1, 0.15) is 17.3 Å². The third kappa shape index (κ3) is 4.21. The van der Waals surface area contributed by atoms with Crippen LogP contribution in [0.25, 0.3) is 0 Å². The first-order valence-electron chi connectivity index (χ1n) is 6.10. The predicted molar refractivity (Wildman–Crippen MR) is 78.5 cm³/mol. The number of benzene rings is 1. The van der Waals surface area contributed by atoms with Crippen LogP contribution in [-0.4, -0.2) is 47.4 Å². The van der Waals surface area contributed by atoms with Crippen molar-refractivity contribution in [3.05, 3.63) is 29.8 Å². The van der Waals surface area contributed by atoms with Gasteiger partial charge in [0.15, 0.2) is 0 Å². The van der Waals surface area contributed by atoms with Crippen LogP contribution in [0.4, 0.5) is 5.69 Å². The number of sulfonamides is 1. The van der Waals surface area contributed by atoms with Crippen LogP contribution in [0.5, 0.6) is 0 Å². The molecule has 6 nitrogen and oxygen atoms in total. The second-order valence-electron chi connectivity index (χ2n) is 4.58. The molecule has 0 saturated carbocycles. The highest BCUT2D eigenvalue weighted by atomic mass is 32.2. The molecule has 1 amide bonds. The highest BCUT2D eigenvalue weighted by Crippen LogP contribution is 2.21. The standard InChI is InChI=1S/C13H20N2O4S/c1-10(9-19-3)14-13(16)11-7-5-6-8-12(11)15(2)20(4,17)18/h5-8,10H,9H2,1-4H3,(H,14,16)/t10-/m0/s1. The SMILES string of the molecule is COC[C@H](C)NC(=O)c1ccccc1N(C)S(C)(=O)=O. The van der Waals surface area contributed by atoms with Gasteiger partial charge in [-0.15, -0.1) is 0 Å². The lowest BCUT2D eigenvalue weighted by atomic mass is 10.1. The number of hydrogen-bond acceptors (Lipinski definition) is 4. The van der Waals surface area contributed by atoms with E-state index in [1.165, 1.54) is 7.05 Å². The van der Waals surface area contributed by atoms with Gasteiger partial charge in [0.05, 0.1) is 24.1 Å². The quantitative estimate of drug-likeness (QED) is 0.845. The first-order chi connectivity index (χ1) is 9.27. The second kappa shape index (κ2) is 6.71. The van der Waals surface area contributed by atoms with Crippen molar-refractivity contribution in [3.8, 4) is 0 Å². The number of nitrogens with one attached hydrogen (secondary N) is 1. The maximum atomic E-state index is 12.2. The number of carbonyl (C=O) groups is 1. The normalized spacial score (nSPS) is 12.8. The number of carbonyl (C=O) groups excluding carboxylic acids is 1. The Morgan fingerprint density at radius 2 is 2.00 bits per heavy atom. The molecule has 1 rings (SSSR count). The van der Waals surface area contributed by atoms with Crippen LogP contribution < -0.4 is 9.62 Å². The molecule has 1 atom stereocenters. The summed E-state index contributed by atoms with van der Waals surface area (Å²) in [4.78, 5) is 12.2. The van der Waals surface area contributed by atoms with E-state index in [1.54, 1.807) is 31.4 Å². The summed E-state index contributed by atoms with van der Waals surface area (Å²) in [5.74, 6) is -0.333. The van der Waals surface area contributed by atoms with Gasteiger partial charge >= 0.3 is 0 Å². The van der Waals surface area contributed by atoms with Crippen LogP contribution in [0.2, 0.25) is 0 Å². The van der Waals surface area contributed by atoms with Gasteiger partial charge in [-0.05, 0) is 19.1 Å². The lowest BCUT2D eigenvalue weighted by Crippen LogP contribution is -2.37. The molecule has 20 heavy (non-hydrogen) atoms. The molecule has 0 aliphatic heterocycles. The number of hydrogen-bond donors (Lipinski definition) is 1. The molecule has 0 radical (unpaired) electrons. The fourth-order valence-corrected chi connectivity index (χ4v) is 2.23. The molecule has 1 aromatic carbocycles. The van der Waals surface area contributed by atoms with Crippen molar-refractivity contribution >= 4 is 21.6 Å². The topological polar surface area (TPSA) is 75.7 Å². The molecule has 1 aromatic rings. The minimum Gasteiger partial charge on any atom is -0.383 e. The molecular weight excluding hydrogens is 280 g/mol. The van der Waals surface area contributed by atoms with Crippen LogP contribution in [0.3, 0.4) is 0 Å². The summed E-state index contributed by atoms with van der Waals surface area (Å²) in [7, 11) is -0.456. The lowest BCUT2D eigenvalue weighted by Gasteiger charge is -2.21. The minimum atomic E-state index is -3.42. The Balaban J connectivity index is 3.05. The van der Waals surface area contributed by atoms with Gasteiger partial charge in [-0.1, -0.05) is 12.1 Å². The zero-order valence-corrected chi connectivity index (χ0v) is 12.9. The first-order valence-corrected chi connectivity index (χ1v) is 7.95. The van der Waals surface area contributed by atoms with Gasteiger partial charge in [-0.25, -0.2) is 8.42 Å². The van der Waals surface area contributed by atoms with E-state index in [0.717, 1.165) is 10.6 Å². The summed E-state index contributed by atoms with van der Waals surface area (Å²) < 4.78 is 29.2. The fraction of sp³-hybridized carbons (Fsp3) is 0.462. The highest BCUT2D eigenvalue weighted by Gasteiger charge is 2.20. The zero-order chi connectivity index (χ0) is 15.3. The Morgan fingerprint density at radius 3 is 2.55 bits per heavy atom. The van der Waals surface area contributed by atoms with Crippen molar-refractivity contribution in [1.29, 1.82) is 0 Å². The van der Waals surface area contributed by atoms with E-state index < -0.39 is 10.0 Å². The zero-order valence-electron chi connectivity index (χ0n) is 12.1. The average Bonchev–Trinajstić information content (AvgIpc) is 2.37. The van der Waals surface area contributed by atoms with E-state index in [9.17, 15) is 13.2 Å².